The second-order valence-electron chi connectivity index (χ2n) is 5.23. The minimum atomic E-state index is 0.594. The van der Waals surface area contributed by atoms with Gasteiger partial charge in [-0.2, -0.15) is 0 Å². The highest BCUT2D eigenvalue weighted by Crippen LogP contribution is 2.18. The molecule has 0 unspecified atom stereocenters. The van der Waals surface area contributed by atoms with Gasteiger partial charge in [-0.05, 0) is 42.3 Å². The van der Waals surface area contributed by atoms with Crippen LogP contribution in [0.5, 0.6) is 0 Å². The maximum absolute atomic E-state index is 6.20. The Morgan fingerprint density at radius 2 is 1.75 bits per heavy atom. The molecular weight excluding hydrogens is 268 g/mol. The van der Waals surface area contributed by atoms with Crippen LogP contribution in [-0.4, -0.2) is 11.9 Å². The quantitative estimate of drug-likeness (QED) is 0.908. The maximum atomic E-state index is 6.20. The lowest BCUT2D eigenvalue weighted by molar-refractivity contribution is 0.318. The SMILES string of the molecule is Cc1cc(CN)ccc1CN(C)Cc1ccccc1Cl. The first-order valence-corrected chi connectivity index (χ1v) is 7.18. The minimum absolute atomic E-state index is 0.594. The van der Waals surface area contributed by atoms with Crippen molar-refractivity contribution in [3.63, 3.8) is 0 Å². The van der Waals surface area contributed by atoms with Gasteiger partial charge >= 0.3 is 0 Å². The lowest BCUT2D eigenvalue weighted by Gasteiger charge is -2.19. The van der Waals surface area contributed by atoms with Crippen LogP contribution < -0.4 is 5.73 Å². The fourth-order valence-corrected chi connectivity index (χ4v) is 2.52. The first-order chi connectivity index (χ1) is 9.60. The first kappa shape index (κ1) is 15.0. The molecule has 0 amide bonds. The molecule has 2 nitrogen and oxygen atoms in total. The van der Waals surface area contributed by atoms with Gasteiger partial charge in [0.05, 0.1) is 0 Å². The molecule has 0 radical (unpaired) electrons. The molecule has 106 valence electrons. The highest BCUT2D eigenvalue weighted by atomic mass is 35.5. The van der Waals surface area contributed by atoms with Crippen LogP contribution in [0.25, 0.3) is 0 Å². The second kappa shape index (κ2) is 6.89. The van der Waals surface area contributed by atoms with Crippen LogP contribution in [0.4, 0.5) is 0 Å². The molecule has 20 heavy (non-hydrogen) atoms. The van der Waals surface area contributed by atoms with Gasteiger partial charge in [-0.15, -0.1) is 0 Å². The number of nitrogens with two attached hydrogens (primary N) is 1. The Balaban J connectivity index is 2.05. The average molecular weight is 289 g/mol. The van der Waals surface area contributed by atoms with E-state index in [0.29, 0.717) is 6.54 Å². The van der Waals surface area contributed by atoms with Gasteiger partial charge in [-0.3, -0.25) is 4.90 Å². The summed E-state index contributed by atoms with van der Waals surface area (Å²) in [5, 5.41) is 0.828. The third kappa shape index (κ3) is 3.83. The van der Waals surface area contributed by atoms with Crippen LogP contribution in [0.3, 0.4) is 0 Å². The van der Waals surface area contributed by atoms with E-state index in [2.05, 4.69) is 43.1 Å². The zero-order valence-electron chi connectivity index (χ0n) is 12.1. The molecule has 0 aromatic heterocycles. The van der Waals surface area contributed by atoms with Crippen LogP contribution in [0.2, 0.25) is 5.02 Å². The molecule has 0 atom stereocenters. The highest BCUT2D eigenvalue weighted by molar-refractivity contribution is 6.31. The molecule has 0 aliphatic carbocycles. The number of benzene rings is 2. The summed E-state index contributed by atoms with van der Waals surface area (Å²) in [6.07, 6.45) is 0. The largest absolute Gasteiger partial charge is 0.326 e. The van der Waals surface area contributed by atoms with Crippen molar-refractivity contribution in [3.05, 3.63) is 69.7 Å². The van der Waals surface area contributed by atoms with Crippen molar-refractivity contribution < 1.29 is 0 Å². The zero-order chi connectivity index (χ0) is 14.5. The van der Waals surface area contributed by atoms with Gasteiger partial charge in [-0.25, -0.2) is 0 Å². The topological polar surface area (TPSA) is 29.3 Å². The molecule has 0 fully saturated rings. The Bertz CT molecular complexity index is 581. The van der Waals surface area contributed by atoms with Gasteiger partial charge in [0.2, 0.25) is 0 Å². The molecule has 3 heteroatoms. The molecular formula is C17H21ClN2. The molecule has 0 bridgehead atoms. The van der Waals surface area contributed by atoms with E-state index in [1.165, 1.54) is 16.7 Å². The van der Waals surface area contributed by atoms with Crippen molar-refractivity contribution >= 4 is 11.6 Å². The summed E-state index contributed by atoms with van der Waals surface area (Å²) in [5.74, 6) is 0. The average Bonchev–Trinajstić information content (AvgIpc) is 2.43. The number of nitrogens with zero attached hydrogens (tertiary/aromatic N) is 1. The standard InChI is InChI=1S/C17H21ClN2/c1-13-9-14(10-19)7-8-15(13)11-20(2)12-16-5-3-4-6-17(16)18/h3-9H,10-12,19H2,1-2H3. The van der Waals surface area contributed by atoms with Crippen molar-refractivity contribution in [1.82, 2.24) is 4.90 Å². The van der Waals surface area contributed by atoms with E-state index in [1.807, 2.05) is 18.2 Å². The van der Waals surface area contributed by atoms with E-state index < -0.39 is 0 Å². The summed E-state index contributed by atoms with van der Waals surface area (Å²) in [5.41, 5.74) is 10.6. The van der Waals surface area contributed by atoms with Crippen LogP contribution in [0.1, 0.15) is 22.3 Å². The Morgan fingerprint density at radius 3 is 2.40 bits per heavy atom. The predicted molar refractivity (Wildman–Crippen MR) is 85.7 cm³/mol. The number of halogens is 1. The Hall–Kier alpha value is -1.35. The summed E-state index contributed by atoms with van der Waals surface area (Å²) in [6.45, 7) is 4.48. The van der Waals surface area contributed by atoms with Crippen molar-refractivity contribution in [2.45, 2.75) is 26.6 Å². The van der Waals surface area contributed by atoms with Gasteiger partial charge in [0.25, 0.3) is 0 Å². The Labute approximate surface area is 126 Å². The van der Waals surface area contributed by atoms with Gasteiger partial charge in [0.15, 0.2) is 0 Å². The molecule has 0 aliphatic rings. The number of hydrogen-bond acceptors (Lipinski definition) is 2. The molecule has 2 aromatic rings. The predicted octanol–water partition coefficient (Wildman–Crippen LogP) is 3.74. The smallest absolute Gasteiger partial charge is 0.0451 e. The Morgan fingerprint density at radius 1 is 1.05 bits per heavy atom. The lowest BCUT2D eigenvalue weighted by Crippen LogP contribution is -2.18. The van der Waals surface area contributed by atoms with E-state index in [1.54, 1.807) is 0 Å². The third-order valence-electron chi connectivity index (χ3n) is 3.48. The maximum Gasteiger partial charge on any atom is 0.0451 e. The van der Waals surface area contributed by atoms with Gasteiger partial charge in [-0.1, -0.05) is 48.0 Å². The van der Waals surface area contributed by atoms with Crippen LogP contribution in [0.15, 0.2) is 42.5 Å². The highest BCUT2D eigenvalue weighted by Gasteiger charge is 2.07. The summed E-state index contributed by atoms with van der Waals surface area (Å²) >= 11 is 6.20. The molecule has 2 aromatic carbocycles. The summed E-state index contributed by atoms with van der Waals surface area (Å²) in [4.78, 5) is 2.27. The fourth-order valence-electron chi connectivity index (χ4n) is 2.33. The van der Waals surface area contributed by atoms with Crippen molar-refractivity contribution in [2.75, 3.05) is 7.05 Å². The summed E-state index contributed by atoms with van der Waals surface area (Å²) in [6, 6.07) is 14.4. The molecule has 0 spiro atoms. The van der Waals surface area contributed by atoms with E-state index in [-0.39, 0.29) is 0 Å². The van der Waals surface area contributed by atoms with E-state index in [4.69, 9.17) is 17.3 Å². The Kier molecular flexibility index (Phi) is 5.18. The third-order valence-corrected chi connectivity index (χ3v) is 3.85. The number of hydrogen-bond donors (Lipinski definition) is 1. The minimum Gasteiger partial charge on any atom is -0.326 e. The first-order valence-electron chi connectivity index (χ1n) is 6.80. The normalized spacial score (nSPS) is 11.1. The van der Waals surface area contributed by atoms with Crippen LogP contribution >= 0.6 is 11.6 Å². The molecule has 2 rings (SSSR count). The fraction of sp³-hybridized carbons (Fsp3) is 0.294. The van der Waals surface area contributed by atoms with Crippen molar-refractivity contribution in [2.24, 2.45) is 5.73 Å². The monoisotopic (exact) mass is 288 g/mol. The molecule has 0 aliphatic heterocycles. The van der Waals surface area contributed by atoms with Crippen LogP contribution in [0, 0.1) is 6.92 Å². The van der Waals surface area contributed by atoms with Gasteiger partial charge in [0.1, 0.15) is 0 Å². The second-order valence-corrected chi connectivity index (χ2v) is 5.64. The molecule has 0 heterocycles. The number of aryl methyl sites for hydroxylation is 1. The summed E-state index contributed by atoms with van der Waals surface area (Å²) < 4.78 is 0. The van der Waals surface area contributed by atoms with E-state index >= 15 is 0 Å². The molecule has 0 saturated heterocycles. The van der Waals surface area contributed by atoms with Crippen molar-refractivity contribution in [1.29, 1.82) is 0 Å². The van der Waals surface area contributed by atoms with Gasteiger partial charge in [0, 0.05) is 24.7 Å². The van der Waals surface area contributed by atoms with E-state index in [0.717, 1.165) is 23.7 Å². The lowest BCUT2D eigenvalue weighted by atomic mass is 10.0. The van der Waals surface area contributed by atoms with Gasteiger partial charge < -0.3 is 5.73 Å². The summed E-state index contributed by atoms with van der Waals surface area (Å²) in [7, 11) is 2.11. The molecule has 2 N–H and O–H groups in total. The molecule has 0 saturated carbocycles. The van der Waals surface area contributed by atoms with E-state index in [9.17, 15) is 0 Å². The number of rotatable bonds is 5. The van der Waals surface area contributed by atoms with Crippen molar-refractivity contribution in [3.8, 4) is 0 Å². The van der Waals surface area contributed by atoms with Crippen LogP contribution in [-0.2, 0) is 19.6 Å². The zero-order valence-corrected chi connectivity index (χ0v) is 12.8.